The van der Waals surface area contributed by atoms with E-state index in [0.717, 1.165) is 17.1 Å². The van der Waals surface area contributed by atoms with Gasteiger partial charge in [0.15, 0.2) is 0 Å². The van der Waals surface area contributed by atoms with Gasteiger partial charge < -0.3 is 9.47 Å². The molecule has 9 rings (SSSR count). The molecule has 0 N–H and O–H groups in total. The lowest BCUT2D eigenvalue weighted by molar-refractivity contribution is 0.660. The maximum absolute atomic E-state index is 2.45. The van der Waals surface area contributed by atoms with Crippen molar-refractivity contribution in [3.8, 4) is 27.9 Å². The fraction of sp³-hybridized carbons (Fsp3) is 0.0870. The van der Waals surface area contributed by atoms with E-state index < -0.39 is 0 Å². The first-order valence-corrected chi connectivity index (χ1v) is 16.8. The molecule has 0 radical (unpaired) electrons. The molecule has 1 heterocycles. The molecule has 1 aromatic heterocycles. The Morgan fingerprint density at radius 2 is 1.15 bits per heavy atom. The molecule has 8 aromatic rings. The van der Waals surface area contributed by atoms with Gasteiger partial charge in [0, 0.05) is 33.2 Å². The van der Waals surface area contributed by atoms with E-state index in [1.54, 1.807) is 0 Å². The standard InChI is InChI=1S/C46H36N2/c1-31-20-24-34(25-21-31)47(36-28-29-38-37-14-7-9-16-40(37)46(2,3)41(38)30-36)43-18-11-19-44-45(43)39-15-8-10-17-42(39)48(44)35-26-22-33(23-27-35)32-12-5-4-6-13-32/h4-30H,1-3H3. The second-order valence-corrected chi connectivity index (χ2v) is 13.5. The largest absolute Gasteiger partial charge is 0.310 e. The van der Waals surface area contributed by atoms with E-state index in [1.807, 2.05) is 0 Å². The van der Waals surface area contributed by atoms with Crippen molar-refractivity contribution in [2.75, 3.05) is 4.90 Å². The average Bonchev–Trinajstić information content (AvgIpc) is 3.59. The first-order valence-electron chi connectivity index (χ1n) is 16.8. The van der Waals surface area contributed by atoms with E-state index in [-0.39, 0.29) is 5.41 Å². The quantitative estimate of drug-likeness (QED) is 0.187. The number of hydrogen-bond donors (Lipinski definition) is 0. The van der Waals surface area contributed by atoms with E-state index >= 15 is 0 Å². The number of rotatable bonds is 5. The van der Waals surface area contributed by atoms with E-state index in [1.165, 1.54) is 66.4 Å². The van der Waals surface area contributed by atoms with Crippen molar-refractivity contribution in [3.63, 3.8) is 0 Å². The van der Waals surface area contributed by atoms with Crippen LogP contribution in [-0.2, 0) is 5.41 Å². The molecule has 0 saturated carbocycles. The van der Waals surface area contributed by atoms with Gasteiger partial charge in [0.1, 0.15) is 0 Å². The molecule has 0 atom stereocenters. The number of nitrogens with zero attached hydrogens (tertiary/aromatic N) is 2. The van der Waals surface area contributed by atoms with Crippen LogP contribution in [0.2, 0.25) is 0 Å². The molecule has 0 amide bonds. The zero-order valence-electron chi connectivity index (χ0n) is 27.5. The first-order chi connectivity index (χ1) is 23.5. The van der Waals surface area contributed by atoms with Crippen molar-refractivity contribution in [1.29, 1.82) is 0 Å². The topological polar surface area (TPSA) is 8.17 Å². The molecule has 0 saturated heterocycles. The molecule has 2 heteroatoms. The third-order valence-corrected chi connectivity index (χ3v) is 10.3. The summed E-state index contributed by atoms with van der Waals surface area (Å²) in [6, 6.07) is 60.0. The van der Waals surface area contributed by atoms with Gasteiger partial charge in [-0.05, 0) is 94.9 Å². The molecule has 0 spiro atoms. The number of aromatic nitrogens is 1. The van der Waals surface area contributed by atoms with Crippen LogP contribution in [0.4, 0.5) is 17.1 Å². The summed E-state index contributed by atoms with van der Waals surface area (Å²) >= 11 is 0. The van der Waals surface area contributed by atoms with E-state index in [9.17, 15) is 0 Å². The highest BCUT2D eigenvalue weighted by Gasteiger charge is 2.36. The van der Waals surface area contributed by atoms with Crippen LogP contribution in [0, 0.1) is 6.92 Å². The summed E-state index contributed by atoms with van der Waals surface area (Å²) in [5.41, 5.74) is 16.0. The Labute approximate surface area is 282 Å². The van der Waals surface area contributed by atoms with E-state index in [4.69, 9.17) is 0 Å². The molecule has 0 aliphatic heterocycles. The Bertz CT molecular complexity index is 2460. The number of hydrogen-bond acceptors (Lipinski definition) is 1. The predicted molar refractivity (Wildman–Crippen MR) is 203 cm³/mol. The molecule has 48 heavy (non-hydrogen) atoms. The van der Waals surface area contributed by atoms with Crippen LogP contribution in [0.15, 0.2) is 164 Å². The van der Waals surface area contributed by atoms with Crippen LogP contribution in [-0.4, -0.2) is 4.57 Å². The molecule has 0 fully saturated rings. The minimum absolute atomic E-state index is 0.0885. The highest BCUT2D eigenvalue weighted by atomic mass is 15.1. The van der Waals surface area contributed by atoms with Crippen LogP contribution in [0.25, 0.3) is 49.7 Å². The highest BCUT2D eigenvalue weighted by Crippen LogP contribution is 2.51. The highest BCUT2D eigenvalue weighted by molar-refractivity contribution is 6.16. The van der Waals surface area contributed by atoms with Crippen molar-refractivity contribution in [2.45, 2.75) is 26.2 Å². The minimum Gasteiger partial charge on any atom is -0.310 e. The Balaban J connectivity index is 1.27. The summed E-state index contributed by atoms with van der Waals surface area (Å²) in [5.74, 6) is 0. The van der Waals surface area contributed by atoms with Gasteiger partial charge in [0.2, 0.25) is 0 Å². The molecule has 0 bridgehead atoms. The zero-order chi connectivity index (χ0) is 32.4. The number of para-hydroxylation sites is 1. The number of anilines is 3. The Morgan fingerprint density at radius 1 is 0.500 bits per heavy atom. The van der Waals surface area contributed by atoms with Gasteiger partial charge >= 0.3 is 0 Å². The Kier molecular flexibility index (Phi) is 6.42. The number of fused-ring (bicyclic) bond motifs is 6. The third-order valence-electron chi connectivity index (χ3n) is 10.3. The summed E-state index contributed by atoms with van der Waals surface area (Å²) in [6.07, 6.45) is 0. The molecular weight excluding hydrogens is 581 g/mol. The lowest BCUT2D eigenvalue weighted by Crippen LogP contribution is -2.16. The fourth-order valence-corrected chi connectivity index (χ4v) is 7.85. The summed E-state index contributed by atoms with van der Waals surface area (Å²) in [5, 5.41) is 2.48. The maximum Gasteiger partial charge on any atom is 0.0562 e. The molecule has 230 valence electrons. The second kappa shape index (κ2) is 10.9. The van der Waals surface area contributed by atoms with Gasteiger partial charge in [-0.2, -0.15) is 0 Å². The van der Waals surface area contributed by atoms with Crippen LogP contribution >= 0.6 is 0 Å². The normalized spacial score (nSPS) is 13.1. The maximum atomic E-state index is 2.45. The number of benzene rings is 7. The van der Waals surface area contributed by atoms with Gasteiger partial charge in [0.05, 0.1) is 16.7 Å². The summed E-state index contributed by atoms with van der Waals surface area (Å²) < 4.78 is 2.42. The van der Waals surface area contributed by atoms with Crippen molar-refractivity contribution in [3.05, 3.63) is 180 Å². The lowest BCUT2D eigenvalue weighted by Gasteiger charge is -2.29. The summed E-state index contributed by atoms with van der Waals surface area (Å²) in [7, 11) is 0. The fourth-order valence-electron chi connectivity index (χ4n) is 7.85. The van der Waals surface area contributed by atoms with Crippen molar-refractivity contribution in [2.24, 2.45) is 0 Å². The van der Waals surface area contributed by atoms with Crippen LogP contribution in [0.1, 0.15) is 30.5 Å². The van der Waals surface area contributed by atoms with E-state index in [2.05, 4.69) is 194 Å². The summed E-state index contributed by atoms with van der Waals surface area (Å²) in [4.78, 5) is 2.45. The van der Waals surface area contributed by atoms with Crippen LogP contribution in [0.5, 0.6) is 0 Å². The van der Waals surface area contributed by atoms with E-state index in [0.29, 0.717) is 0 Å². The smallest absolute Gasteiger partial charge is 0.0562 e. The third kappa shape index (κ3) is 4.33. The SMILES string of the molecule is Cc1ccc(N(c2ccc3c(c2)C(C)(C)c2ccccc2-3)c2cccc3c2c2ccccc2n3-c2ccc(-c3ccccc3)cc2)cc1. The molecular formula is C46H36N2. The molecule has 7 aromatic carbocycles. The van der Waals surface area contributed by atoms with Gasteiger partial charge in [-0.1, -0.05) is 129 Å². The van der Waals surface area contributed by atoms with Gasteiger partial charge in [0.25, 0.3) is 0 Å². The van der Waals surface area contributed by atoms with Crippen molar-refractivity contribution in [1.82, 2.24) is 4.57 Å². The molecule has 0 unspecified atom stereocenters. The average molecular weight is 617 g/mol. The van der Waals surface area contributed by atoms with Gasteiger partial charge in [-0.15, -0.1) is 0 Å². The van der Waals surface area contributed by atoms with Crippen LogP contribution < -0.4 is 4.90 Å². The lowest BCUT2D eigenvalue weighted by atomic mass is 9.82. The van der Waals surface area contributed by atoms with Crippen LogP contribution in [0.3, 0.4) is 0 Å². The van der Waals surface area contributed by atoms with Gasteiger partial charge in [-0.3, -0.25) is 0 Å². The first kappa shape index (κ1) is 28.4. The molecule has 1 aliphatic carbocycles. The second-order valence-electron chi connectivity index (χ2n) is 13.5. The summed E-state index contributed by atoms with van der Waals surface area (Å²) in [6.45, 7) is 6.87. The van der Waals surface area contributed by atoms with Crippen molar-refractivity contribution < 1.29 is 0 Å². The monoisotopic (exact) mass is 616 g/mol. The predicted octanol–water partition coefficient (Wildman–Crippen LogP) is 12.5. The number of aryl methyl sites for hydroxylation is 1. The van der Waals surface area contributed by atoms with Gasteiger partial charge in [-0.25, -0.2) is 0 Å². The molecule has 1 aliphatic rings. The Hall–Kier alpha value is -5.86. The van der Waals surface area contributed by atoms with Crippen molar-refractivity contribution >= 4 is 38.9 Å². The molecule has 2 nitrogen and oxygen atoms in total. The minimum atomic E-state index is -0.0885. The Morgan fingerprint density at radius 3 is 1.96 bits per heavy atom. The zero-order valence-corrected chi connectivity index (χ0v) is 27.5.